The second kappa shape index (κ2) is 4.24. The first-order valence-electron chi connectivity index (χ1n) is 4.57. The molecule has 0 aliphatic heterocycles. The quantitative estimate of drug-likeness (QED) is 0.768. The Labute approximate surface area is 83.6 Å². The van der Waals surface area contributed by atoms with Crippen molar-refractivity contribution in [3.8, 4) is 0 Å². The van der Waals surface area contributed by atoms with E-state index in [4.69, 9.17) is 10.8 Å². The maximum Gasteiger partial charge on any atom is 0.308 e. The molecule has 0 spiro atoms. The van der Waals surface area contributed by atoms with Gasteiger partial charge in [-0.2, -0.15) is 0 Å². The van der Waals surface area contributed by atoms with Crippen LogP contribution in [0.3, 0.4) is 0 Å². The molecule has 0 radical (unpaired) electrons. The minimum Gasteiger partial charge on any atom is -0.481 e. The largest absolute Gasteiger partial charge is 0.481 e. The van der Waals surface area contributed by atoms with E-state index >= 15 is 0 Å². The van der Waals surface area contributed by atoms with Crippen molar-refractivity contribution in [1.29, 1.82) is 0 Å². The fourth-order valence-electron chi connectivity index (χ4n) is 1.32. The summed E-state index contributed by atoms with van der Waals surface area (Å²) in [6, 6.07) is 7.19. The van der Waals surface area contributed by atoms with E-state index in [0.29, 0.717) is 0 Å². The fourth-order valence-corrected chi connectivity index (χ4v) is 1.32. The lowest BCUT2D eigenvalue weighted by Gasteiger charge is -2.16. The van der Waals surface area contributed by atoms with E-state index in [0.717, 1.165) is 11.1 Å². The summed E-state index contributed by atoms with van der Waals surface area (Å²) in [7, 11) is 0. The number of nitrogens with two attached hydrogens (primary N) is 1. The van der Waals surface area contributed by atoms with Gasteiger partial charge in [-0.25, -0.2) is 0 Å². The van der Waals surface area contributed by atoms with Gasteiger partial charge in [0.15, 0.2) is 0 Å². The molecule has 14 heavy (non-hydrogen) atoms. The van der Waals surface area contributed by atoms with Gasteiger partial charge >= 0.3 is 5.97 Å². The van der Waals surface area contributed by atoms with E-state index in [-0.39, 0.29) is 0 Å². The first-order chi connectivity index (χ1) is 6.52. The third-order valence-corrected chi connectivity index (χ3v) is 2.36. The van der Waals surface area contributed by atoms with Gasteiger partial charge in [0.1, 0.15) is 0 Å². The number of benzene rings is 1. The van der Waals surface area contributed by atoms with Crippen molar-refractivity contribution < 1.29 is 9.90 Å². The molecule has 0 amide bonds. The van der Waals surface area contributed by atoms with Crippen LogP contribution in [0.25, 0.3) is 0 Å². The lowest BCUT2D eigenvalue weighted by atomic mass is 9.94. The highest BCUT2D eigenvalue weighted by molar-refractivity contribution is 5.70. The molecule has 3 nitrogen and oxygen atoms in total. The average Bonchev–Trinajstić information content (AvgIpc) is 2.15. The second-order valence-electron chi connectivity index (χ2n) is 3.57. The van der Waals surface area contributed by atoms with Crippen molar-refractivity contribution in [2.75, 3.05) is 0 Å². The van der Waals surface area contributed by atoms with Crippen LogP contribution in [0.2, 0.25) is 0 Å². The molecule has 1 aromatic rings. The van der Waals surface area contributed by atoms with Crippen LogP contribution < -0.4 is 5.73 Å². The molecule has 2 atom stereocenters. The Morgan fingerprint density at radius 1 is 1.50 bits per heavy atom. The molecule has 0 bridgehead atoms. The van der Waals surface area contributed by atoms with Crippen molar-refractivity contribution in [3.63, 3.8) is 0 Å². The van der Waals surface area contributed by atoms with Gasteiger partial charge in [0, 0.05) is 6.04 Å². The molecular formula is C11H15NO2. The zero-order valence-corrected chi connectivity index (χ0v) is 8.40. The Morgan fingerprint density at radius 2 is 2.14 bits per heavy atom. The van der Waals surface area contributed by atoms with E-state index in [2.05, 4.69) is 0 Å². The molecular weight excluding hydrogens is 178 g/mol. The Morgan fingerprint density at radius 3 is 2.64 bits per heavy atom. The van der Waals surface area contributed by atoms with E-state index in [1.54, 1.807) is 6.92 Å². The van der Waals surface area contributed by atoms with Crippen LogP contribution in [-0.4, -0.2) is 11.1 Å². The lowest BCUT2D eigenvalue weighted by Crippen LogP contribution is -2.25. The topological polar surface area (TPSA) is 63.3 Å². The third-order valence-electron chi connectivity index (χ3n) is 2.36. The first kappa shape index (κ1) is 10.7. The Kier molecular flexibility index (Phi) is 3.25. The molecule has 0 aliphatic rings. The van der Waals surface area contributed by atoms with E-state index in [1.165, 1.54) is 0 Å². The number of rotatable bonds is 3. The molecule has 3 N–H and O–H groups in total. The minimum atomic E-state index is -0.862. The highest BCUT2D eigenvalue weighted by atomic mass is 16.4. The summed E-state index contributed by atoms with van der Waals surface area (Å²) in [5.74, 6) is -1.42. The third kappa shape index (κ3) is 2.33. The smallest absolute Gasteiger partial charge is 0.308 e. The van der Waals surface area contributed by atoms with Crippen LogP contribution in [0.1, 0.15) is 24.1 Å². The van der Waals surface area contributed by atoms with Crippen molar-refractivity contribution in [2.45, 2.75) is 19.9 Å². The molecule has 0 aromatic heterocycles. The van der Waals surface area contributed by atoms with Gasteiger partial charge in [0.05, 0.1) is 5.92 Å². The Balaban J connectivity index is 2.89. The van der Waals surface area contributed by atoms with Crippen molar-refractivity contribution in [1.82, 2.24) is 0 Å². The maximum atomic E-state index is 10.7. The van der Waals surface area contributed by atoms with Crippen LogP contribution in [0.15, 0.2) is 24.3 Å². The van der Waals surface area contributed by atoms with E-state index < -0.39 is 17.9 Å². The predicted octanol–water partition coefficient (Wildman–Crippen LogP) is 1.72. The standard InChI is InChI=1S/C11H15NO2/c1-7-4-3-5-9(6-7)10(12)8(2)11(13)14/h3-6,8,10H,12H2,1-2H3,(H,13,14). The molecule has 0 saturated carbocycles. The SMILES string of the molecule is Cc1cccc(C(N)C(C)C(=O)O)c1. The molecule has 0 fully saturated rings. The number of carboxylic acid groups (broad SMARTS) is 1. The Hall–Kier alpha value is -1.35. The van der Waals surface area contributed by atoms with Gasteiger partial charge < -0.3 is 10.8 Å². The summed E-state index contributed by atoms with van der Waals surface area (Å²) in [5, 5.41) is 8.80. The zero-order valence-electron chi connectivity index (χ0n) is 8.40. The summed E-state index contributed by atoms with van der Waals surface area (Å²) in [5.41, 5.74) is 7.80. The zero-order chi connectivity index (χ0) is 10.7. The van der Waals surface area contributed by atoms with Crippen molar-refractivity contribution in [2.24, 2.45) is 11.7 Å². The summed E-state index contributed by atoms with van der Waals surface area (Å²) in [6.45, 7) is 3.58. The number of hydrogen-bond donors (Lipinski definition) is 2. The Bertz CT molecular complexity index is 336. The van der Waals surface area contributed by atoms with Crippen LogP contribution in [0.4, 0.5) is 0 Å². The van der Waals surface area contributed by atoms with Crippen molar-refractivity contribution in [3.05, 3.63) is 35.4 Å². The van der Waals surface area contributed by atoms with Gasteiger partial charge in [-0.05, 0) is 12.5 Å². The van der Waals surface area contributed by atoms with Crippen LogP contribution in [0, 0.1) is 12.8 Å². The summed E-state index contributed by atoms with van der Waals surface area (Å²) >= 11 is 0. The first-order valence-corrected chi connectivity index (χ1v) is 4.57. The predicted molar refractivity (Wildman–Crippen MR) is 54.9 cm³/mol. The normalized spacial score (nSPS) is 14.8. The molecule has 76 valence electrons. The lowest BCUT2D eigenvalue weighted by molar-refractivity contribution is -0.141. The summed E-state index contributed by atoms with van der Waals surface area (Å²) in [6.07, 6.45) is 0. The van der Waals surface area contributed by atoms with Gasteiger partial charge in [-0.3, -0.25) is 4.79 Å². The molecule has 0 heterocycles. The molecule has 1 aromatic carbocycles. The van der Waals surface area contributed by atoms with Gasteiger partial charge in [0.25, 0.3) is 0 Å². The highest BCUT2D eigenvalue weighted by Crippen LogP contribution is 2.20. The molecule has 0 saturated heterocycles. The molecule has 3 heteroatoms. The molecule has 2 unspecified atom stereocenters. The van der Waals surface area contributed by atoms with Gasteiger partial charge in [0.2, 0.25) is 0 Å². The molecule has 1 rings (SSSR count). The number of carbonyl (C=O) groups is 1. The maximum absolute atomic E-state index is 10.7. The number of hydrogen-bond acceptors (Lipinski definition) is 2. The van der Waals surface area contributed by atoms with E-state index in [1.807, 2.05) is 31.2 Å². The highest BCUT2D eigenvalue weighted by Gasteiger charge is 2.21. The fraction of sp³-hybridized carbons (Fsp3) is 0.364. The monoisotopic (exact) mass is 193 g/mol. The van der Waals surface area contributed by atoms with Crippen LogP contribution in [-0.2, 0) is 4.79 Å². The van der Waals surface area contributed by atoms with Gasteiger partial charge in [-0.15, -0.1) is 0 Å². The van der Waals surface area contributed by atoms with Crippen molar-refractivity contribution >= 4 is 5.97 Å². The van der Waals surface area contributed by atoms with Gasteiger partial charge in [-0.1, -0.05) is 36.8 Å². The number of aliphatic carboxylic acids is 1. The number of carboxylic acids is 1. The van der Waals surface area contributed by atoms with E-state index in [9.17, 15) is 4.79 Å². The second-order valence-corrected chi connectivity index (χ2v) is 3.57. The minimum absolute atomic E-state index is 0.438. The summed E-state index contributed by atoms with van der Waals surface area (Å²) < 4.78 is 0. The summed E-state index contributed by atoms with van der Waals surface area (Å²) in [4.78, 5) is 10.7. The van der Waals surface area contributed by atoms with Crippen LogP contribution in [0.5, 0.6) is 0 Å². The molecule has 0 aliphatic carbocycles. The van der Waals surface area contributed by atoms with Crippen LogP contribution >= 0.6 is 0 Å². The average molecular weight is 193 g/mol. The number of aryl methyl sites for hydroxylation is 1.